The van der Waals surface area contributed by atoms with Gasteiger partial charge in [-0.1, -0.05) is 0 Å². The highest BCUT2D eigenvalue weighted by molar-refractivity contribution is 5.75. The van der Waals surface area contributed by atoms with Gasteiger partial charge in [0.2, 0.25) is 5.75 Å². The lowest BCUT2D eigenvalue weighted by Crippen LogP contribution is -2.44. The average molecular weight is 341 g/mol. The number of hydrogen-bond donors (Lipinski definition) is 2. The third kappa shape index (κ3) is 4.03. The molecule has 10 heteroatoms. The molecule has 0 fully saturated rings. The van der Waals surface area contributed by atoms with Gasteiger partial charge in [-0.25, -0.2) is 4.79 Å². The lowest BCUT2D eigenvalue weighted by Gasteiger charge is -2.21. The third-order valence-electron chi connectivity index (χ3n) is 3.28. The van der Waals surface area contributed by atoms with Crippen LogP contribution in [0.2, 0.25) is 0 Å². The summed E-state index contributed by atoms with van der Waals surface area (Å²) in [4.78, 5) is 33.2. The molecule has 0 unspecified atom stereocenters. The van der Waals surface area contributed by atoms with E-state index in [0.717, 1.165) is 0 Å². The van der Waals surface area contributed by atoms with Gasteiger partial charge < -0.3 is 24.8 Å². The van der Waals surface area contributed by atoms with Crippen molar-refractivity contribution in [2.24, 2.45) is 0 Å². The number of methoxy groups -OCH3 is 3. The van der Waals surface area contributed by atoms with Crippen LogP contribution in [-0.2, 0) is 4.79 Å². The highest BCUT2D eigenvalue weighted by atomic mass is 16.6. The molecule has 2 N–H and O–H groups in total. The van der Waals surface area contributed by atoms with E-state index in [0.29, 0.717) is 0 Å². The molecule has 1 rings (SSSR count). The molecule has 1 aromatic carbocycles. The van der Waals surface area contributed by atoms with Crippen molar-refractivity contribution in [1.29, 1.82) is 0 Å². The molecule has 0 aliphatic rings. The van der Waals surface area contributed by atoms with E-state index < -0.39 is 23.0 Å². The zero-order valence-electron chi connectivity index (χ0n) is 13.7. The van der Waals surface area contributed by atoms with E-state index >= 15 is 0 Å². The Morgan fingerprint density at radius 3 is 2.08 bits per heavy atom. The fraction of sp³-hybridized carbons (Fsp3) is 0.429. The summed E-state index contributed by atoms with van der Waals surface area (Å²) in [6.07, 6.45) is 0.157. The topological polar surface area (TPSA) is 129 Å². The van der Waals surface area contributed by atoms with Crippen LogP contribution < -0.4 is 24.8 Å². The van der Waals surface area contributed by atoms with Crippen molar-refractivity contribution in [3.05, 3.63) is 27.8 Å². The van der Waals surface area contributed by atoms with Gasteiger partial charge in [0.1, 0.15) is 6.04 Å². The van der Waals surface area contributed by atoms with Gasteiger partial charge in [0.25, 0.3) is 6.04 Å². The normalized spacial score (nSPS) is 12.5. The maximum atomic E-state index is 11.6. The van der Waals surface area contributed by atoms with Gasteiger partial charge in [0, 0.05) is 12.0 Å². The van der Waals surface area contributed by atoms with Crippen LogP contribution in [0.3, 0.4) is 0 Å². The molecule has 0 radical (unpaired) electrons. The van der Waals surface area contributed by atoms with Gasteiger partial charge in [-0.05, 0) is 17.7 Å². The van der Waals surface area contributed by atoms with E-state index in [1.54, 1.807) is 0 Å². The number of benzene rings is 1. The zero-order chi connectivity index (χ0) is 18.3. The van der Waals surface area contributed by atoms with Crippen molar-refractivity contribution >= 4 is 12.3 Å². The summed E-state index contributed by atoms with van der Waals surface area (Å²) in [5.74, 6) is 0.762. The first kappa shape index (κ1) is 19.0. The van der Waals surface area contributed by atoms with E-state index in [1.807, 2.05) is 0 Å². The summed E-state index contributed by atoms with van der Waals surface area (Å²) >= 11 is 0. The van der Waals surface area contributed by atoms with E-state index in [1.165, 1.54) is 40.5 Å². The Hall–Kier alpha value is -3.04. The van der Waals surface area contributed by atoms with Gasteiger partial charge in [-0.2, -0.15) is 0 Å². The number of nitro groups is 1. The maximum absolute atomic E-state index is 11.6. The van der Waals surface area contributed by atoms with Crippen molar-refractivity contribution in [3.63, 3.8) is 0 Å². The number of nitrogens with one attached hydrogen (secondary N) is 2. The molecule has 132 valence electrons. The van der Waals surface area contributed by atoms with Crippen LogP contribution in [0.25, 0.3) is 0 Å². The Balaban J connectivity index is 3.48. The average Bonchev–Trinajstić information content (AvgIpc) is 2.59. The third-order valence-corrected chi connectivity index (χ3v) is 3.28. The summed E-state index contributed by atoms with van der Waals surface area (Å²) in [6.45, 7) is 0. The molecule has 0 aromatic heterocycles. The van der Waals surface area contributed by atoms with Crippen LogP contribution in [0.15, 0.2) is 12.1 Å². The maximum Gasteiger partial charge on any atom is 0.315 e. The van der Waals surface area contributed by atoms with Gasteiger partial charge in [0.15, 0.2) is 17.8 Å². The molecule has 0 bridgehead atoms. The van der Waals surface area contributed by atoms with Crippen molar-refractivity contribution in [1.82, 2.24) is 10.6 Å². The number of ether oxygens (including phenoxy) is 3. The first-order chi connectivity index (χ1) is 11.4. The predicted octanol–water partition coefficient (Wildman–Crippen LogP) is 0.527. The molecule has 0 aliphatic carbocycles. The van der Waals surface area contributed by atoms with Gasteiger partial charge in [-0.15, -0.1) is 0 Å². The summed E-state index contributed by atoms with van der Waals surface area (Å²) in [5.41, 5.74) is 0.252. The molecule has 1 aromatic rings. The van der Waals surface area contributed by atoms with E-state index in [2.05, 4.69) is 10.6 Å². The molecule has 0 saturated carbocycles. The molecule has 0 saturated heterocycles. The lowest BCUT2D eigenvalue weighted by molar-refractivity contribution is -0.510. The predicted molar refractivity (Wildman–Crippen MR) is 83.3 cm³/mol. The van der Waals surface area contributed by atoms with Gasteiger partial charge >= 0.3 is 6.03 Å². The first-order valence-corrected chi connectivity index (χ1v) is 6.80. The monoisotopic (exact) mass is 341 g/mol. The van der Waals surface area contributed by atoms with Crippen LogP contribution in [0.5, 0.6) is 17.2 Å². The van der Waals surface area contributed by atoms with Crippen LogP contribution in [0, 0.1) is 10.1 Å². The number of urea groups is 1. The SMILES string of the molecule is CNC(=O)N[C@@H](c1cc(OC)c(OC)c(OC)c1)[C@H](C=O)[N+](=O)[O-]. The smallest absolute Gasteiger partial charge is 0.315 e. The summed E-state index contributed by atoms with van der Waals surface area (Å²) in [6, 6.07) is -0.733. The van der Waals surface area contributed by atoms with Crippen LogP contribution in [0.4, 0.5) is 4.79 Å². The largest absolute Gasteiger partial charge is 0.493 e. The quantitative estimate of drug-likeness (QED) is 0.401. The van der Waals surface area contributed by atoms with Crippen molar-refractivity contribution in [2.45, 2.75) is 12.1 Å². The molecule has 2 amide bonds. The fourth-order valence-corrected chi connectivity index (χ4v) is 2.11. The lowest BCUT2D eigenvalue weighted by atomic mass is 9.99. The minimum absolute atomic E-state index is 0.157. The number of aldehydes is 1. The Bertz CT molecular complexity index is 595. The van der Waals surface area contributed by atoms with Crippen molar-refractivity contribution < 1.29 is 28.7 Å². The Kier molecular flexibility index (Phi) is 6.78. The first-order valence-electron chi connectivity index (χ1n) is 6.80. The van der Waals surface area contributed by atoms with E-state index in [9.17, 15) is 19.7 Å². The number of rotatable bonds is 8. The van der Waals surface area contributed by atoms with Crippen molar-refractivity contribution in [3.8, 4) is 17.2 Å². The van der Waals surface area contributed by atoms with E-state index in [4.69, 9.17) is 14.2 Å². The summed E-state index contributed by atoms with van der Waals surface area (Å²) in [7, 11) is 5.52. The minimum atomic E-state index is -1.69. The number of hydrogen-bond acceptors (Lipinski definition) is 7. The van der Waals surface area contributed by atoms with Crippen LogP contribution in [-0.4, -0.2) is 51.7 Å². The zero-order valence-corrected chi connectivity index (χ0v) is 13.7. The standard InChI is InChI=1S/C14H19N3O7/c1-15-14(19)16-12(9(7-18)17(20)21)8-5-10(22-2)13(24-4)11(6-8)23-3/h5-7,9,12H,1-4H3,(H2,15,16,19)/t9-,12-/m0/s1. The number of amides is 2. The molecule has 10 nitrogen and oxygen atoms in total. The second-order valence-corrected chi connectivity index (χ2v) is 4.57. The Morgan fingerprint density at radius 2 is 1.75 bits per heavy atom. The second kappa shape index (κ2) is 8.56. The molecule has 0 heterocycles. The van der Waals surface area contributed by atoms with E-state index in [-0.39, 0.29) is 29.1 Å². The highest BCUT2D eigenvalue weighted by Crippen LogP contribution is 2.40. The number of nitrogens with zero attached hydrogens (tertiary/aromatic N) is 1. The summed E-state index contributed by atoms with van der Waals surface area (Å²) in [5, 5.41) is 15.8. The fourth-order valence-electron chi connectivity index (χ4n) is 2.11. The van der Waals surface area contributed by atoms with Crippen LogP contribution >= 0.6 is 0 Å². The Labute approximate surface area is 138 Å². The van der Waals surface area contributed by atoms with Crippen LogP contribution in [0.1, 0.15) is 11.6 Å². The number of carbonyl (C=O) groups is 2. The van der Waals surface area contributed by atoms with Gasteiger partial charge in [0.05, 0.1) is 21.3 Å². The molecule has 0 spiro atoms. The highest BCUT2D eigenvalue weighted by Gasteiger charge is 2.35. The Morgan fingerprint density at radius 1 is 1.21 bits per heavy atom. The second-order valence-electron chi connectivity index (χ2n) is 4.57. The minimum Gasteiger partial charge on any atom is -0.493 e. The summed E-state index contributed by atoms with van der Waals surface area (Å²) < 4.78 is 15.5. The number of carbonyl (C=O) groups excluding carboxylic acids is 2. The molecule has 0 aliphatic heterocycles. The molecular weight excluding hydrogens is 322 g/mol. The molecular formula is C14H19N3O7. The van der Waals surface area contributed by atoms with Crippen molar-refractivity contribution in [2.75, 3.05) is 28.4 Å². The molecule has 24 heavy (non-hydrogen) atoms. The molecule has 2 atom stereocenters. The van der Waals surface area contributed by atoms with Gasteiger partial charge in [-0.3, -0.25) is 14.9 Å².